The molecule has 0 aromatic rings. The van der Waals surface area contributed by atoms with Crippen molar-refractivity contribution < 1.29 is 29.6 Å². The Balaban J connectivity index is 3.94. The summed E-state index contributed by atoms with van der Waals surface area (Å²) in [7, 11) is 0. The van der Waals surface area contributed by atoms with E-state index in [0.717, 1.165) is 117 Å². The molecule has 252 valence electrons. The lowest BCUT2D eigenvalue weighted by Crippen LogP contribution is -2.45. The van der Waals surface area contributed by atoms with Gasteiger partial charge in [-0.25, -0.2) is 4.79 Å². The summed E-state index contributed by atoms with van der Waals surface area (Å²) in [6.07, 6.45) is 5.32. The standard InChI is InChI=1S/C28H64N8O6/c29-9-5-15-31-11-1-3-13-33-17-7-19-35-21-25(37)26(23-41-24-27(38)39)42-28(40)22-36-20-8-18-34-14-4-2-12-32-16-6-10-30/h25-26,28,31-37,40H,1-24,29-30H2,(H,38,39). The van der Waals surface area contributed by atoms with Crippen LogP contribution in [0, 0.1) is 0 Å². The SMILES string of the molecule is NCCCNCCCCNCCCNCC(O)OC(COCC(=O)O)C(O)CNCCCNCCCCNCCCN. The summed E-state index contributed by atoms with van der Waals surface area (Å²) in [6.45, 7) is 10.3. The molecule has 0 amide bonds. The number of rotatable bonds is 35. The lowest BCUT2D eigenvalue weighted by Gasteiger charge is -2.26. The van der Waals surface area contributed by atoms with Gasteiger partial charge in [-0.1, -0.05) is 0 Å². The number of carboxylic acid groups (broad SMARTS) is 1. The number of aliphatic hydroxyl groups is 2. The molecule has 0 saturated heterocycles. The van der Waals surface area contributed by atoms with Crippen molar-refractivity contribution in [3.63, 3.8) is 0 Å². The molecule has 0 heterocycles. The first-order valence-corrected chi connectivity index (χ1v) is 16.0. The van der Waals surface area contributed by atoms with E-state index in [-0.39, 0.29) is 19.7 Å². The zero-order valence-corrected chi connectivity index (χ0v) is 25.9. The summed E-state index contributed by atoms with van der Waals surface area (Å²) >= 11 is 0. The number of aliphatic hydroxyl groups excluding tert-OH is 2. The second kappa shape index (κ2) is 32.9. The zero-order chi connectivity index (χ0) is 30.9. The molecule has 0 aliphatic rings. The van der Waals surface area contributed by atoms with Crippen LogP contribution in [0.4, 0.5) is 0 Å². The van der Waals surface area contributed by atoms with Crippen LogP contribution in [0.15, 0.2) is 0 Å². The number of carbonyl (C=O) groups is 1. The first-order valence-electron chi connectivity index (χ1n) is 16.0. The van der Waals surface area contributed by atoms with Gasteiger partial charge in [-0.15, -0.1) is 0 Å². The van der Waals surface area contributed by atoms with Crippen LogP contribution in [0.2, 0.25) is 0 Å². The molecule has 13 N–H and O–H groups in total. The highest BCUT2D eigenvalue weighted by Crippen LogP contribution is 2.04. The summed E-state index contributed by atoms with van der Waals surface area (Å²) in [4.78, 5) is 10.8. The number of nitrogens with one attached hydrogen (secondary N) is 6. The van der Waals surface area contributed by atoms with Crippen molar-refractivity contribution in [3.8, 4) is 0 Å². The van der Waals surface area contributed by atoms with Crippen LogP contribution in [0.1, 0.15) is 51.4 Å². The van der Waals surface area contributed by atoms with E-state index in [2.05, 4.69) is 31.9 Å². The largest absolute Gasteiger partial charge is 0.480 e. The van der Waals surface area contributed by atoms with Crippen LogP contribution >= 0.6 is 0 Å². The van der Waals surface area contributed by atoms with Crippen molar-refractivity contribution in [2.75, 3.05) is 105 Å². The molecule has 0 bridgehead atoms. The van der Waals surface area contributed by atoms with Crippen LogP contribution in [0.5, 0.6) is 0 Å². The third kappa shape index (κ3) is 30.4. The normalized spacial score (nSPS) is 13.8. The highest BCUT2D eigenvalue weighted by Gasteiger charge is 2.23. The number of ether oxygens (including phenoxy) is 2. The van der Waals surface area contributed by atoms with Crippen molar-refractivity contribution in [2.45, 2.75) is 69.9 Å². The van der Waals surface area contributed by atoms with Crippen molar-refractivity contribution in [3.05, 3.63) is 0 Å². The Kier molecular flexibility index (Phi) is 32.1. The summed E-state index contributed by atoms with van der Waals surface area (Å²) in [6, 6.07) is 0. The molecule has 0 rings (SSSR count). The van der Waals surface area contributed by atoms with Gasteiger partial charge in [-0.05, 0) is 130 Å². The molecular weight excluding hydrogens is 544 g/mol. The van der Waals surface area contributed by atoms with Gasteiger partial charge in [0.2, 0.25) is 0 Å². The number of nitrogens with two attached hydrogens (primary N) is 2. The van der Waals surface area contributed by atoms with Crippen molar-refractivity contribution in [2.24, 2.45) is 11.5 Å². The molecule has 0 fully saturated rings. The molecule has 0 aromatic heterocycles. The van der Waals surface area contributed by atoms with Gasteiger partial charge in [0.25, 0.3) is 0 Å². The van der Waals surface area contributed by atoms with Crippen LogP contribution in [-0.4, -0.2) is 145 Å². The fourth-order valence-corrected chi connectivity index (χ4v) is 3.99. The van der Waals surface area contributed by atoms with Crippen LogP contribution in [0.3, 0.4) is 0 Å². The average Bonchev–Trinajstić information content (AvgIpc) is 2.97. The van der Waals surface area contributed by atoms with Crippen molar-refractivity contribution in [1.29, 1.82) is 0 Å². The van der Waals surface area contributed by atoms with E-state index in [1.807, 2.05) is 0 Å². The topological polar surface area (TPSA) is 220 Å². The molecule has 14 nitrogen and oxygen atoms in total. The second-order valence-electron chi connectivity index (χ2n) is 10.4. The summed E-state index contributed by atoms with van der Waals surface area (Å²) in [5.41, 5.74) is 10.9. The molecule has 0 aliphatic carbocycles. The second-order valence-corrected chi connectivity index (χ2v) is 10.4. The van der Waals surface area contributed by atoms with E-state index in [9.17, 15) is 15.0 Å². The van der Waals surface area contributed by atoms with Gasteiger partial charge in [-0.3, -0.25) is 0 Å². The van der Waals surface area contributed by atoms with E-state index in [1.165, 1.54) is 0 Å². The number of aliphatic carboxylic acids is 1. The van der Waals surface area contributed by atoms with E-state index < -0.39 is 31.1 Å². The van der Waals surface area contributed by atoms with Gasteiger partial charge < -0.3 is 68.2 Å². The Labute approximate surface area is 253 Å². The van der Waals surface area contributed by atoms with Crippen LogP contribution in [0.25, 0.3) is 0 Å². The molecule has 0 aliphatic heterocycles. The number of carboxylic acids is 1. The Hall–Kier alpha value is -1.01. The number of unbranched alkanes of at least 4 members (excludes halogenated alkanes) is 2. The monoisotopic (exact) mass is 608 g/mol. The number of hydrogen-bond acceptors (Lipinski definition) is 13. The third-order valence-corrected chi connectivity index (χ3v) is 6.38. The minimum Gasteiger partial charge on any atom is -0.480 e. The minimum absolute atomic E-state index is 0.138. The Morgan fingerprint density at radius 1 is 0.595 bits per heavy atom. The predicted octanol–water partition coefficient (Wildman–Crippen LogP) is -2.27. The Bertz CT molecular complexity index is 570. The first kappa shape index (κ1) is 41.0. The van der Waals surface area contributed by atoms with Gasteiger partial charge in [0.1, 0.15) is 12.7 Å². The van der Waals surface area contributed by atoms with Crippen molar-refractivity contribution in [1.82, 2.24) is 31.9 Å². The Morgan fingerprint density at radius 2 is 1.00 bits per heavy atom. The molecule has 0 aromatic carbocycles. The lowest BCUT2D eigenvalue weighted by atomic mass is 10.2. The third-order valence-electron chi connectivity index (χ3n) is 6.38. The van der Waals surface area contributed by atoms with Gasteiger partial charge in [-0.2, -0.15) is 0 Å². The van der Waals surface area contributed by atoms with Gasteiger partial charge in [0, 0.05) is 13.1 Å². The molecule has 14 heteroatoms. The summed E-state index contributed by atoms with van der Waals surface area (Å²) in [5.74, 6) is -1.10. The first-order chi connectivity index (χ1) is 20.5. The van der Waals surface area contributed by atoms with Gasteiger partial charge in [0.05, 0.1) is 12.7 Å². The summed E-state index contributed by atoms with van der Waals surface area (Å²) in [5, 5.41) is 49.6. The van der Waals surface area contributed by atoms with E-state index in [1.54, 1.807) is 0 Å². The fraction of sp³-hybridized carbons (Fsp3) is 0.964. The smallest absolute Gasteiger partial charge is 0.329 e. The van der Waals surface area contributed by atoms with E-state index in [4.69, 9.17) is 26.0 Å². The molecular formula is C28H64N8O6. The molecule has 3 atom stereocenters. The molecule has 42 heavy (non-hydrogen) atoms. The molecule has 3 unspecified atom stereocenters. The highest BCUT2D eigenvalue weighted by atomic mass is 16.6. The average molecular weight is 609 g/mol. The van der Waals surface area contributed by atoms with Gasteiger partial charge in [0.15, 0.2) is 6.29 Å². The van der Waals surface area contributed by atoms with Crippen LogP contribution < -0.4 is 43.4 Å². The fourth-order valence-electron chi connectivity index (χ4n) is 3.99. The quantitative estimate of drug-likeness (QED) is 0.0270. The van der Waals surface area contributed by atoms with E-state index in [0.29, 0.717) is 13.1 Å². The highest BCUT2D eigenvalue weighted by molar-refractivity contribution is 5.67. The zero-order valence-electron chi connectivity index (χ0n) is 25.9. The van der Waals surface area contributed by atoms with Gasteiger partial charge >= 0.3 is 5.97 Å². The Morgan fingerprint density at radius 3 is 1.45 bits per heavy atom. The van der Waals surface area contributed by atoms with E-state index >= 15 is 0 Å². The maximum absolute atomic E-state index is 10.8. The molecule has 0 spiro atoms. The predicted molar refractivity (Wildman–Crippen MR) is 168 cm³/mol. The minimum atomic E-state index is -1.15. The summed E-state index contributed by atoms with van der Waals surface area (Å²) < 4.78 is 10.7. The maximum Gasteiger partial charge on any atom is 0.329 e. The maximum atomic E-state index is 10.8. The molecule has 0 radical (unpaired) electrons. The molecule has 0 saturated carbocycles. The number of hydrogen-bond donors (Lipinski definition) is 11. The van der Waals surface area contributed by atoms with Crippen LogP contribution in [-0.2, 0) is 14.3 Å². The lowest BCUT2D eigenvalue weighted by molar-refractivity contribution is -0.180. The van der Waals surface area contributed by atoms with Crippen molar-refractivity contribution >= 4 is 5.97 Å².